The van der Waals surface area contributed by atoms with Crippen LogP contribution < -0.4 is 5.32 Å². The van der Waals surface area contributed by atoms with Gasteiger partial charge in [-0.05, 0) is 31.1 Å². The molecule has 1 saturated carbocycles. The van der Waals surface area contributed by atoms with E-state index in [0.29, 0.717) is 6.54 Å². The van der Waals surface area contributed by atoms with E-state index in [0.717, 1.165) is 5.92 Å². The number of hydrogen-bond donors (Lipinski definition) is 2. The second kappa shape index (κ2) is 6.41. The molecule has 0 aromatic carbocycles. The zero-order chi connectivity index (χ0) is 13.8. The molecule has 2 amide bonds. The van der Waals surface area contributed by atoms with Crippen molar-refractivity contribution >= 4 is 6.03 Å². The SMILES string of the molecule is CC(CO)N(C)C(=O)NCC(C)(C)C1CCCC1. The van der Waals surface area contributed by atoms with E-state index in [1.54, 1.807) is 11.9 Å². The number of amides is 2. The first-order valence-electron chi connectivity index (χ1n) is 7.00. The van der Waals surface area contributed by atoms with E-state index >= 15 is 0 Å². The molecule has 0 spiro atoms. The molecule has 1 aliphatic carbocycles. The number of aliphatic hydroxyl groups is 1. The maximum atomic E-state index is 11.9. The van der Waals surface area contributed by atoms with Gasteiger partial charge in [-0.15, -0.1) is 0 Å². The topological polar surface area (TPSA) is 52.6 Å². The first-order chi connectivity index (χ1) is 8.38. The Hall–Kier alpha value is -0.770. The third-order valence-electron chi connectivity index (χ3n) is 4.40. The van der Waals surface area contributed by atoms with Gasteiger partial charge in [0.15, 0.2) is 0 Å². The number of carbonyl (C=O) groups is 1. The van der Waals surface area contributed by atoms with Crippen molar-refractivity contribution in [3.63, 3.8) is 0 Å². The van der Waals surface area contributed by atoms with Gasteiger partial charge in [-0.2, -0.15) is 0 Å². The Balaban J connectivity index is 2.41. The summed E-state index contributed by atoms with van der Waals surface area (Å²) in [6, 6.07) is -0.234. The molecular formula is C14H28N2O2. The third-order valence-corrected chi connectivity index (χ3v) is 4.40. The molecule has 1 aliphatic rings. The zero-order valence-electron chi connectivity index (χ0n) is 12.2. The minimum absolute atomic E-state index is 0.00403. The molecule has 0 aromatic heterocycles. The van der Waals surface area contributed by atoms with Crippen LogP contribution in [0.25, 0.3) is 0 Å². The number of aliphatic hydroxyl groups excluding tert-OH is 1. The Bertz CT molecular complexity index is 273. The van der Waals surface area contributed by atoms with Crippen LogP contribution in [0.5, 0.6) is 0 Å². The predicted molar refractivity (Wildman–Crippen MR) is 73.4 cm³/mol. The van der Waals surface area contributed by atoms with Crippen molar-refractivity contribution in [1.82, 2.24) is 10.2 Å². The summed E-state index contributed by atoms with van der Waals surface area (Å²) in [5, 5.41) is 12.0. The fraction of sp³-hybridized carbons (Fsp3) is 0.929. The fourth-order valence-electron chi connectivity index (χ4n) is 2.60. The van der Waals surface area contributed by atoms with Gasteiger partial charge in [0.2, 0.25) is 0 Å². The molecule has 106 valence electrons. The Labute approximate surface area is 111 Å². The molecular weight excluding hydrogens is 228 g/mol. The van der Waals surface area contributed by atoms with Gasteiger partial charge in [-0.3, -0.25) is 0 Å². The lowest BCUT2D eigenvalue weighted by Gasteiger charge is -2.33. The Morgan fingerprint density at radius 1 is 1.44 bits per heavy atom. The van der Waals surface area contributed by atoms with Crippen molar-refractivity contribution in [2.75, 3.05) is 20.2 Å². The average molecular weight is 256 g/mol. The Kier molecular flexibility index (Phi) is 5.45. The summed E-state index contributed by atoms with van der Waals surface area (Å²) >= 11 is 0. The van der Waals surface area contributed by atoms with Crippen LogP contribution in [0.2, 0.25) is 0 Å². The number of hydrogen-bond acceptors (Lipinski definition) is 2. The van der Waals surface area contributed by atoms with E-state index in [9.17, 15) is 4.79 Å². The van der Waals surface area contributed by atoms with Gasteiger partial charge in [0, 0.05) is 13.6 Å². The Morgan fingerprint density at radius 2 is 2.00 bits per heavy atom. The van der Waals surface area contributed by atoms with Gasteiger partial charge in [0.1, 0.15) is 0 Å². The summed E-state index contributed by atoms with van der Waals surface area (Å²) in [7, 11) is 1.72. The molecule has 4 heteroatoms. The lowest BCUT2D eigenvalue weighted by molar-refractivity contribution is 0.148. The summed E-state index contributed by atoms with van der Waals surface area (Å²) < 4.78 is 0. The lowest BCUT2D eigenvalue weighted by atomic mass is 9.78. The highest BCUT2D eigenvalue weighted by Gasteiger charge is 2.32. The first kappa shape index (κ1) is 15.3. The molecule has 0 saturated heterocycles. The van der Waals surface area contributed by atoms with Crippen molar-refractivity contribution in [3.8, 4) is 0 Å². The highest BCUT2D eigenvalue weighted by Crippen LogP contribution is 2.38. The maximum Gasteiger partial charge on any atom is 0.317 e. The summed E-state index contributed by atoms with van der Waals surface area (Å²) in [4.78, 5) is 13.5. The van der Waals surface area contributed by atoms with E-state index in [1.807, 2.05) is 6.92 Å². The molecule has 0 bridgehead atoms. The summed E-state index contributed by atoms with van der Waals surface area (Å²) in [6.07, 6.45) is 5.21. The van der Waals surface area contributed by atoms with Crippen molar-refractivity contribution in [2.24, 2.45) is 11.3 Å². The first-order valence-corrected chi connectivity index (χ1v) is 7.00. The quantitative estimate of drug-likeness (QED) is 0.792. The molecule has 2 N–H and O–H groups in total. The van der Waals surface area contributed by atoms with Crippen LogP contribution in [0, 0.1) is 11.3 Å². The smallest absolute Gasteiger partial charge is 0.317 e. The molecule has 1 fully saturated rings. The van der Waals surface area contributed by atoms with Gasteiger partial charge in [0.05, 0.1) is 12.6 Å². The highest BCUT2D eigenvalue weighted by atomic mass is 16.3. The largest absolute Gasteiger partial charge is 0.394 e. The number of nitrogens with one attached hydrogen (secondary N) is 1. The van der Waals surface area contributed by atoms with Crippen LogP contribution in [0.15, 0.2) is 0 Å². The van der Waals surface area contributed by atoms with Gasteiger partial charge < -0.3 is 15.3 Å². The zero-order valence-corrected chi connectivity index (χ0v) is 12.2. The van der Waals surface area contributed by atoms with E-state index < -0.39 is 0 Å². The third kappa shape index (κ3) is 3.87. The summed E-state index contributed by atoms with van der Waals surface area (Å²) in [5.41, 5.74) is 0.162. The number of urea groups is 1. The lowest BCUT2D eigenvalue weighted by Crippen LogP contribution is -2.47. The van der Waals surface area contributed by atoms with E-state index in [1.165, 1.54) is 25.7 Å². The van der Waals surface area contributed by atoms with Crippen molar-refractivity contribution < 1.29 is 9.90 Å². The average Bonchev–Trinajstić information content (AvgIpc) is 2.88. The van der Waals surface area contributed by atoms with E-state index in [-0.39, 0.29) is 24.1 Å². The summed E-state index contributed by atoms with van der Waals surface area (Å²) in [5.74, 6) is 0.721. The van der Waals surface area contributed by atoms with Crippen LogP contribution in [-0.4, -0.2) is 42.3 Å². The Morgan fingerprint density at radius 3 is 2.50 bits per heavy atom. The second-order valence-corrected chi connectivity index (χ2v) is 6.27. The molecule has 0 aliphatic heterocycles. The molecule has 4 nitrogen and oxygen atoms in total. The molecule has 0 heterocycles. The van der Waals surface area contributed by atoms with Crippen molar-refractivity contribution in [3.05, 3.63) is 0 Å². The molecule has 1 atom stereocenters. The minimum atomic E-state index is -0.139. The van der Waals surface area contributed by atoms with Crippen LogP contribution in [0.1, 0.15) is 46.5 Å². The van der Waals surface area contributed by atoms with E-state index in [4.69, 9.17) is 5.11 Å². The van der Waals surface area contributed by atoms with Crippen molar-refractivity contribution in [1.29, 1.82) is 0 Å². The number of carbonyl (C=O) groups excluding carboxylic acids is 1. The molecule has 0 radical (unpaired) electrons. The van der Waals surface area contributed by atoms with Gasteiger partial charge in [-0.25, -0.2) is 4.79 Å². The van der Waals surface area contributed by atoms with Gasteiger partial charge in [0.25, 0.3) is 0 Å². The fourth-order valence-corrected chi connectivity index (χ4v) is 2.60. The standard InChI is InChI=1S/C14H28N2O2/c1-11(9-17)16(4)13(18)15-10-14(2,3)12-7-5-6-8-12/h11-12,17H,5-10H2,1-4H3,(H,15,18). The normalized spacial score (nSPS) is 18.7. The van der Waals surface area contributed by atoms with E-state index in [2.05, 4.69) is 19.2 Å². The monoisotopic (exact) mass is 256 g/mol. The van der Waals surface area contributed by atoms with Gasteiger partial charge >= 0.3 is 6.03 Å². The predicted octanol–water partition coefficient (Wildman–Crippen LogP) is 2.22. The van der Waals surface area contributed by atoms with Crippen LogP contribution in [0.4, 0.5) is 4.79 Å². The van der Waals surface area contributed by atoms with Crippen LogP contribution >= 0.6 is 0 Å². The highest BCUT2D eigenvalue weighted by molar-refractivity contribution is 5.74. The molecule has 1 unspecified atom stereocenters. The van der Waals surface area contributed by atoms with Crippen LogP contribution in [-0.2, 0) is 0 Å². The van der Waals surface area contributed by atoms with Gasteiger partial charge in [-0.1, -0.05) is 26.7 Å². The molecule has 0 aromatic rings. The minimum Gasteiger partial charge on any atom is -0.394 e. The second-order valence-electron chi connectivity index (χ2n) is 6.27. The summed E-state index contributed by atoms with van der Waals surface area (Å²) in [6.45, 7) is 7.01. The molecule has 18 heavy (non-hydrogen) atoms. The number of likely N-dealkylation sites (N-methyl/N-ethyl adjacent to an activating group) is 1. The van der Waals surface area contributed by atoms with Crippen LogP contribution in [0.3, 0.4) is 0 Å². The maximum absolute atomic E-state index is 11.9. The number of nitrogens with zero attached hydrogens (tertiary/aromatic N) is 1. The molecule has 1 rings (SSSR count). The number of rotatable bonds is 5. The van der Waals surface area contributed by atoms with Crippen molar-refractivity contribution in [2.45, 2.75) is 52.5 Å².